The van der Waals surface area contributed by atoms with Crippen LogP contribution in [0.3, 0.4) is 0 Å². The van der Waals surface area contributed by atoms with Gasteiger partial charge in [0.2, 0.25) is 5.88 Å². The molecule has 1 aromatic heterocycles. The van der Waals surface area contributed by atoms with E-state index in [-0.39, 0.29) is 12.8 Å². The molecule has 27 heavy (non-hydrogen) atoms. The van der Waals surface area contributed by atoms with Crippen molar-refractivity contribution in [1.29, 1.82) is 0 Å². The summed E-state index contributed by atoms with van der Waals surface area (Å²) in [5, 5.41) is 8.82. The van der Waals surface area contributed by atoms with E-state index in [0.717, 1.165) is 4.47 Å². The van der Waals surface area contributed by atoms with Crippen molar-refractivity contribution in [3.8, 4) is 5.88 Å². The number of aliphatic hydroxyl groups is 1. The number of halogens is 4. The third-order valence-electron chi connectivity index (χ3n) is 3.32. The van der Waals surface area contributed by atoms with E-state index in [4.69, 9.17) is 24.1 Å². The number of rotatable bonds is 15. The van der Waals surface area contributed by atoms with Crippen LogP contribution in [0, 0.1) is 0 Å². The second-order valence-electron chi connectivity index (χ2n) is 5.55. The van der Waals surface area contributed by atoms with Gasteiger partial charge in [0.25, 0.3) is 0 Å². The molecule has 0 aliphatic heterocycles. The molecule has 0 amide bonds. The van der Waals surface area contributed by atoms with Gasteiger partial charge in [-0.25, -0.2) is 4.98 Å². The Bertz CT molecular complexity index is 490. The van der Waals surface area contributed by atoms with Crippen LogP contribution in [0.15, 0.2) is 22.8 Å². The summed E-state index contributed by atoms with van der Waals surface area (Å²) in [5.41, 5.74) is 0. The van der Waals surface area contributed by atoms with Gasteiger partial charge in [-0.15, -0.1) is 0 Å². The summed E-state index contributed by atoms with van der Waals surface area (Å²) in [7, 11) is 0. The molecule has 0 aromatic carbocycles. The van der Waals surface area contributed by atoms with Gasteiger partial charge in [0, 0.05) is 23.3 Å². The maximum absolute atomic E-state index is 12.1. The van der Waals surface area contributed by atoms with Crippen molar-refractivity contribution in [1.82, 2.24) is 4.98 Å². The predicted molar refractivity (Wildman–Crippen MR) is 95.8 cm³/mol. The third-order valence-corrected chi connectivity index (χ3v) is 3.79. The summed E-state index contributed by atoms with van der Waals surface area (Å²) in [6.07, 6.45) is -4.73. The van der Waals surface area contributed by atoms with Crippen LogP contribution in [0.25, 0.3) is 0 Å². The Morgan fingerprint density at radius 1 is 0.926 bits per heavy atom. The molecule has 0 aliphatic rings. The van der Waals surface area contributed by atoms with E-state index in [1.165, 1.54) is 0 Å². The Morgan fingerprint density at radius 3 is 2.07 bits per heavy atom. The van der Waals surface area contributed by atoms with Crippen LogP contribution in [0.1, 0.15) is 19.3 Å². The highest BCUT2D eigenvalue weighted by Gasteiger charge is 2.37. The fraction of sp³-hybridized carbons (Fsp3) is 0.706. The molecule has 6 nitrogen and oxygen atoms in total. The van der Waals surface area contributed by atoms with Crippen LogP contribution < -0.4 is 4.74 Å². The number of hydrogen-bond acceptors (Lipinski definition) is 6. The highest BCUT2D eigenvalue weighted by atomic mass is 79.9. The number of aromatic nitrogens is 1. The minimum absolute atomic E-state index is 0.257. The normalized spacial score (nSPS) is 12.9. The molecule has 1 atom stereocenters. The molecule has 0 aliphatic carbocycles. The molecule has 0 bridgehead atoms. The van der Waals surface area contributed by atoms with Gasteiger partial charge in [-0.1, -0.05) is 0 Å². The van der Waals surface area contributed by atoms with Crippen molar-refractivity contribution in [2.24, 2.45) is 0 Å². The van der Waals surface area contributed by atoms with E-state index in [0.29, 0.717) is 58.5 Å². The summed E-state index contributed by atoms with van der Waals surface area (Å²) in [4.78, 5) is 4.07. The summed E-state index contributed by atoms with van der Waals surface area (Å²) in [5.74, 6) is 0.531. The number of alkyl halides is 3. The molecule has 1 N–H and O–H groups in total. The Morgan fingerprint density at radius 2 is 1.52 bits per heavy atom. The topological polar surface area (TPSA) is 70.0 Å². The Kier molecular flexibility index (Phi) is 12.6. The zero-order chi connectivity index (χ0) is 20.0. The first-order chi connectivity index (χ1) is 12.9. The minimum atomic E-state index is -4.54. The van der Waals surface area contributed by atoms with Gasteiger partial charge >= 0.3 is 6.18 Å². The van der Waals surface area contributed by atoms with E-state index in [1.807, 2.05) is 6.07 Å². The molecule has 1 unspecified atom stereocenters. The Balaban J connectivity index is 1.79. The maximum Gasteiger partial charge on any atom is 0.414 e. The molecule has 1 rings (SSSR count). The molecule has 156 valence electrons. The van der Waals surface area contributed by atoms with Gasteiger partial charge in [-0.3, -0.25) is 0 Å². The first-order valence-electron chi connectivity index (χ1n) is 8.62. The molecule has 1 aromatic rings. The van der Waals surface area contributed by atoms with Crippen molar-refractivity contribution >= 4 is 15.9 Å². The van der Waals surface area contributed by atoms with Crippen molar-refractivity contribution in [3.05, 3.63) is 22.8 Å². The highest BCUT2D eigenvalue weighted by molar-refractivity contribution is 9.10. The number of hydrogen-bond donors (Lipinski definition) is 1. The summed E-state index contributed by atoms with van der Waals surface area (Å²) >= 11 is 3.29. The van der Waals surface area contributed by atoms with Crippen LogP contribution in [-0.4, -0.2) is 68.6 Å². The van der Waals surface area contributed by atoms with Gasteiger partial charge in [-0.05, 0) is 41.3 Å². The fourth-order valence-corrected chi connectivity index (χ4v) is 2.13. The van der Waals surface area contributed by atoms with E-state index >= 15 is 0 Å². The third kappa shape index (κ3) is 13.0. The summed E-state index contributed by atoms with van der Waals surface area (Å²) < 4.78 is 58.4. The molecule has 0 saturated heterocycles. The fourth-order valence-electron chi connectivity index (χ4n) is 1.90. The molecule has 0 saturated carbocycles. The lowest BCUT2D eigenvalue weighted by Gasteiger charge is -2.13. The Labute approximate surface area is 165 Å². The number of ether oxygens (including phenoxy) is 4. The largest absolute Gasteiger partial charge is 0.475 e. The monoisotopic (exact) mass is 459 g/mol. The molecule has 1 heterocycles. The number of unbranched alkanes of at least 4 members (excludes halogenated alkanes) is 1. The predicted octanol–water partition coefficient (Wildman–Crippen LogP) is 3.37. The highest BCUT2D eigenvalue weighted by Crippen LogP contribution is 2.23. The maximum atomic E-state index is 12.1. The molecular formula is C17H25BrF3NO5. The zero-order valence-corrected chi connectivity index (χ0v) is 16.5. The van der Waals surface area contributed by atoms with Gasteiger partial charge in [0.1, 0.15) is 12.7 Å². The lowest BCUT2D eigenvalue weighted by molar-refractivity contribution is -0.205. The standard InChI is InChI=1S/C17H25BrF3NO5/c18-14-4-5-16(22-13-14)27-12-11-26-10-9-25-8-7-24-6-2-1-3-15(23)17(19,20)21/h4-5,13,15,23H,1-3,6-12H2. The number of pyridine rings is 1. The summed E-state index contributed by atoms with van der Waals surface area (Å²) in [6, 6.07) is 3.59. The van der Waals surface area contributed by atoms with Crippen LogP contribution in [0.5, 0.6) is 5.88 Å². The smallest absolute Gasteiger partial charge is 0.414 e. The van der Waals surface area contributed by atoms with E-state index in [1.54, 1.807) is 12.3 Å². The number of nitrogens with zero attached hydrogens (tertiary/aromatic N) is 1. The second-order valence-corrected chi connectivity index (χ2v) is 6.47. The lowest BCUT2D eigenvalue weighted by atomic mass is 10.1. The lowest BCUT2D eigenvalue weighted by Crippen LogP contribution is -2.28. The average Bonchev–Trinajstić information content (AvgIpc) is 2.62. The molecular weight excluding hydrogens is 435 g/mol. The van der Waals surface area contributed by atoms with Crippen molar-refractivity contribution in [3.63, 3.8) is 0 Å². The van der Waals surface area contributed by atoms with Crippen molar-refractivity contribution in [2.45, 2.75) is 31.5 Å². The van der Waals surface area contributed by atoms with Gasteiger partial charge in [-0.2, -0.15) is 13.2 Å². The SMILES string of the molecule is OC(CCCCOCCOCCOCCOc1ccc(Br)cn1)C(F)(F)F. The first kappa shape index (κ1) is 24.1. The van der Waals surface area contributed by atoms with Gasteiger partial charge in [0.05, 0.1) is 33.0 Å². The van der Waals surface area contributed by atoms with E-state index < -0.39 is 12.3 Å². The first-order valence-corrected chi connectivity index (χ1v) is 9.41. The second kappa shape index (κ2) is 14.1. The zero-order valence-electron chi connectivity index (χ0n) is 14.9. The molecule has 0 spiro atoms. The van der Waals surface area contributed by atoms with Crippen LogP contribution in [-0.2, 0) is 14.2 Å². The van der Waals surface area contributed by atoms with Crippen LogP contribution >= 0.6 is 15.9 Å². The summed E-state index contributed by atoms with van der Waals surface area (Å²) in [6.45, 7) is 2.73. The minimum Gasteiger partial charge on any atom is -0.475 e. The molecule has 0 radical (unpaired) electrons. The molecule has 10 heteroatoms. The van der Waals surface area contributed by atoms with Crippen LogP contribution in [0.2, 0.25) is 0 Å². The molecule has 0 fully saturated rings. The van der Waals surface area contributed by atoms with Gasteiger partial charge in [0.15, 0.2) is 0 Å². The van der Waals surface area contributed by atoms with E-state index in [9.17, 15) is 13.2 Å². The van der Waals surface area contributed by atoms with Crippen LogP contribution in [0.4, 0.5) is 13.2 Å². The Hall–Kier alpha value is -0.940. The average molecular weight is 460 g/mol. The van der Waals surface area contributed by atoms with Crippen molar-refractivity contribution in [2.75, 3.05) is 46.2 Å². The van der Waals surface area contributed by atoms with E-state index in [2.05, 4.69) is 20.9 Å². The quantitative estimate of drug-likeness (QED) is 0.405. The number of aliphatic hydroxyl groups excluding tert-OH is 1. The van der Waals surface area contributed by atoms with Crippen molar-refractivity contribution < 1.29 is 37.2 Å². The van der Waals surface area contributed by atoms with Gasteiger partial charge < -0.3 is 24.1 Å².